The number of nitrogens with zero attached hydrogens (tertiary/aromatic N) is 2. The van der Waals surface area contributed by atoms with Gasteiger partial charge in [0.05, 0.1) is 11.1 Å². The molecule has 0 radical (unpaired) electrons. The molecule has 1 aromatic heterocycles. The zero-order valence-corrected chi connectivity index (χ0v) is 36.8. The van der Waals surface area contributed by atoms with Gasteiger partial charge in [0, 0.05) is 39.0 Å². The maximum Gasteiger partial charge on any atom is 0.337 e. The van der Waals surface area contributed by atoms with E-state index in [0.717, 1.165) is 28.2 Å². The van der Waals surface area contributed by atoms with Crippen molar-refractivity contribution in [2.45, 2.75) is 57.8 Å². The number of hydrogen-bond acceptors (Lipinski definition) is 3. The fraction of sp³-hybridized carbons (Fsp3) is 0.153. The lowest BCUT2D eigenvalue weighted by molar-refractivity contribution is 0.589. The van der Waals surface area contributed by atoms with E-state index in [0.29, 0.717) is 0 Å². The Morgan fingerprint density at radius 2 is 1.06 bits per heavy atom. The van der Waals surface area contributed by atoms with E-state index in [2.05, 4.69) is 239 Å². The number of furan rings is 1. The van der Waals surface area contributed by atoms with Crippen molar-refractivity contribution in [1.29, 1.82) is 0 Å². The van der Waals surface area contributed by atoms with E-state index in [1.807, 2.05) is 0 Å². The van der Waals surface area contributed by atoms with Gasteiger partial charge in [-0.1, -0.05) is 199 Å². The average molecular weight is 813 g/mol. The van der Waals surface area contributed by atoms with Gasteiger partial charge in [-0.15, -0.1) is 0 Å². The van der Waals surface area contributed by atoms with Crippen LogP contribution in [0.2, 0.25) is 0 Å². The molecule has 0 atom stereocenters. The van der Waals surface area contributed by atoms with Gasteiger partial charge in [-0.25, -0.2) is 0 Å². The highest BCUT2D eigenvalue weighted by Gasteiger charge is 2.55. The molecular formula is C59H49BN2O. The number of anilines is 5. The summed E-state index contributed by atoms with van der Waals surface area (Å²) in [5.74, 6) is 0.868. The van der Waals surface area contributed by atoms with Crippen LogP contribution in [0.3, 0.4) is 0 Å². The van der Waals surface area contributed by atoms with Crippen LogP contribution in [0.5, 0.6) is 0 Å². The lowest BCUT2D eigenvalue weighted by atomic mass is 9.42. The molecule has 0 unspecified atom stereocenters. The second kappa shape index (κ2) is 13.5. The predicted octanol–water partition coefficient (Wildman–Crippen LogP) is 14.1. The SMILES string of the molecule is CC(C)(C)c1ccc(N2c3cc(C(C)(C)C)cc4c3B(c3c2oc2ccccc32)N2c3ccccc3C(c3ccccc3)(c3ccccc3)c3cccc-4c32)c(-c2ccccc2)c1. The summed E-state index contributed by atoms with van der Waals surface area (Å²) >= 11 is 0. The minimum atomic E-state index is -0.579. The summed E-state index contributed by atoms with van der Waals surface area (Å²) in [4.78, 5) is 5.16. The van der Waals surface area contributed by atoms with Crippen molar-refractivity contribution in [2.24, 2.45) is 0 Å². The van der Waals surface area contributed by atoms with Gasteiger partial charge in [-0.05, 0) is 91.1 Å². The van der Waals surface area contributed by atoms with Crippen LogP contribution in [0.25, 0.3) is 33.2 Å². The van der Waals surface area contributed by atoms with Crippen LogP contribution in [0, 0.1) is 0 Å². The quantitative estimate of drug-likeness (QED) is 0.165. The van der Waals surface area contributed by atoms with Crippen LogP contribution >= 0.6 is 0 Å². The first kappa shape index (κ1) is 37.7. The van der Waals surface area contributed by atoms with Gasteiger partial charge in [-0.3, -0.25) is 4.90 Å². The van der Waals surface area contributed by atoms with E-state index < -0.39 is 5.41 Å². The Labute approximate surface area is 371 Å². The Hall–Kier alpha value is -7.04. The van der Waals surface area contributed by atoms with Crippen LogP contribution in [0.1, 0.15) is 74.9 Å². The Balaban J connectivity index is 1.25. The lowest BCUT2D eigenvalue weighted by Gasteiger charge is -2.52. The predicted molar refractivity (Wildman–Crippen MR) is 265 cm³/mol. The molecule has 8 aromatic carbocycles. The monoisotopic (exact) mass is 812 g/mol. The summed E-state index contributed by atoms with van der Waals surface area (Å²) < 4.78 is 7.32. The number of benzene rings is 8. The zero-order chi connectivity index (χ0) is 42.8. The van der Waals surface area contributed by atoms with Gasteiger partial charge in [-0.2, -0.15) is 0 Å². The van der Waals surface area contributed by atoms with Crippen LogP contribution in [-0.4, -0.2) is 6.85 Å². The van der Waals surface area contributed by atoms with Crippen molar-refractivity contribution in [3.63, 3.8) is 0 Å². The second-order valence-electron chi connectivity index (χ2n) is 19.7. The molecule has 12 rings (SSSR count). The minimum absolute atomic E-state index is 0.0390. The molecule has 4 heterocycles. The Morgan fingerprint density at radius 1 is 0.460 bits per heavy atom. The van der Waals surface area contributed by atoms with Crippen molar-refractivity contribution in [1.82, 2.24) is 0 Å². The number of rotatable bonds is 4. The highest BCUT2D eigenvalue weighted by Crippen LogP contribution is 2.61. The Morgan fingerprint density at radius 3 is 1.76 bits per heavy atom. The van der Waals surface area contributed by atoms with Crippen molar-refractivity contribution < 1.29 is 4.42 Å². The normalized spacial score (nSPS) is 14.5. The van der Waals surface area contributed by atoms with Gasteiger partial charge >= 0.3 is 6.85 Å². The van der Waals surface area contributed by atoms with Gasteiger partial charge < -0.3 is 9.23 Å². The van der Waals surface area contributed by atoms with E-state index in [1.54, 1.807) is 0 Å². The molecule has 0 saturated carbocycles. The maximum atomic E-state index is 7.32. The third kappa shape index (κ3) is 5.34. The summed E-state index contributed by atoms with van der Waals surface area (Å²) in [5.41, 5.74) is 19.8. The molecule has 0 saturated heterocycles. The van der Waals surface area contributed by atoms with E-state index in [9.17, 15) is 0 Å². The molecular weight excluding hydrogens is 763 g/mol. The molecule has 4 heteroatoms. The fourth-order valence-electron chi connectivity index (χ4n) is 11.1. The van der Waals surface area contributed by atoms with Crippen LogP contribution in [0.15, 0.2) is 192 Å². The highest BCUT2D eigenvalue weighted by molar-refractivity contribution is 6.95. The van der Waals surface area contributed by atoms with Gasteiger partial charge in [0.15, 0.2) is 0 Å². The molecule has 0 fully saturated rings. The van der Waals surface area contributed by atoms with E-state index in [1.165, 1.54) is 77.9 Å². The smallest absolute Gasteiger partial charge is 0.337 e. The second-order valence-corrected chi connectivity index (χ2v) is 19.7. The minimum Gasteiger partial charge on any atom is -0.440 e. The van der Waals surface area contributed by atoms with Crippen molar-refractivity contribution in [3.8, 4) is 22.3 Å². The standard InChI is InChI=1S/C59H49BN2O/c1-57(2,3)41-33-34-49(45(35-41)38-21-10-7-11-22-38)61-51-37-42(58(4,5)6)36-46-43-28-20-30-48-55(43)62(60(53(46)51)54-44-27-16-19-32-52(44)63-56(54)61)50-31-18-17-29-47(50)59(48,39-23-12-8-13-24-39)40-25-14-9-15-26-40/h7-37H,1-6H3. The van der Waals surface area contributed by atoms with Gasteiger partial charge in [0.25, 0.3) is 0 Å². The van der Waals surface area contributed by atoms with Gasteiger partial charge in [0.1, 0.15) is 5.58 Å². The molecule has 0 aliphatic carbocycles. The third-order valence-corrected chi connectivity index (χ3v) is 14.0. The zero-order valence-electron chi connectivity index (χ0n) is 36.8. The average Bonchev–Trinajstić information content (AvgIpc) is 3.69. The van der Waals surface area contributed by atoms with E-state index in [-0.39, 0.29) is 17.7 Å². The first-order valence-corrected chi connectivity index (χ1v) is 22.4. The number of fused-ring (bicyclic) bond motifs is 8. The Bertz CT molecular complexity index is 3220. The molecule has 9 aromatic rings. The van der Waals surface area contributed by atoms with Crippen molar-refractivity contribution in [2.75, 3.05) is 9.71 Å². The first-order chi connectivity index (χ1) is 30.5. The fourth-order valence-corrected chi connectivity index (χ4v) is 11.1. The van der Waals surface area contributed by atoms with Crippen LogP contribution in [0.4, 0.5) is 28.6 Å². The summed E-state index contributed by atoms with van der Waals surface area (Å²) in [6, 6.07) is 70.2. The van der Waals surface area contributed by atoms with Crippen LogP contribution in [-0.2, 0) is 16.2 Å². The number of para-hydroxylation sites is 3. The van der Waals surface area contributed by atoms with Gasteiger partial charge in [0.2, 0.25) is 5.88 Å². The molecule has 0 spiro atoms. The Kier molecular flexibility index (Phi) is 8.07. The molecule has 304 valence electrons. The highest BCUT2D eigenvalue weighted by atomic mass is 16.4. The largest absolute Gasteiger partial charge is 0.440 e. The summed E-state index contributed by atoms with van der Waals surface area (Å²) in [5, 5.41) is 1.13. The molecule has 0 N–H and O–H groups in total. The molecule has 3 aliphatic rings. The lowest BCUT2D eigenvalue weighted by Crippen LogP contribution is -2.63. The molecule has 0 amide bonds. The summed E-state index contributed by atoms with van der Waals surface area (Å²) in [6.45, 7) is 13.7. The summed E-state index contributed by atoms with van der Waals surface area (Å²) in [6.07, 6.45) is 0. The van der Waals surface area contributed by atoms with Crippen molar-refractivity contribution in [3.05, 3.63) is 221 Å². The molecule has 0 bridgehead atoms. The summed E-state index contributed by atoms with van der Waals surface area (Å²) in [7, 11) is 0. The van der Waals surface area contributed by atoms with E-state index >= 15 is 0 Å². The maximum absolute atomic E-state index is 7.32. The number of hydrogen-bond donors (Lipinski definition) is 0. The van der Waals surface area contributed by atoms with Crippen molar-refractivity contribution >= 4 is 57.4 Å². The third-order valence-electron chi connectivity index (χ3n) is 14.0. The first-order valence-electron chi connectivity index (χ1n) is 22.4. The van der Waals surface area contributed by atoms with E-state index in [4.69, 9.17) is 4.42 Å². The molecule has 3 aliphatic heterocycles. The molecule has 3 nitrogen and oxygen atoms in total. The topological polar surface area (TPSA) is 19.6 Å². The molecule has 63 heavy (non-hydrogen) atoms. The van der Waals surface area contributed by atoms with Crippen LogP contribution < -0.4 is 20.6 Å².